The number of rotatable bonds is 4. The minimum atomic E-state index is -4.55. The van der Waals surface area contributed by atoms with E-state index in [0.29, 0.717) is 0 Å². The van der Waals surface area contributed by atoms with Crippen LogP contribution in [0.1, 0.15) is 16.8 Å². The predicted octanol–water partition coefficient (Wildman–Crippen LogP) is 0.940. The van der Waals surface area contributed by atoms with Gasteiger partial charge < -0.3 is 10.1 Å². The summed E-state index contributed by atoms with van der Waals surface area (Å²) in [5, 5.41) is 2.47. The molecule has 1 amide bonds. The van der Waals surface area contributed by atoms with Gasteiger partial charge in [0.15, 0.2) is 16.4 Å². The molecule has 0 saturated carbocycles. The van der Waals surface area contributed by atoms with Crippen molar-refractivity contribution in [1.82, 2.24) is 10.3 Å². The summed E-state index contributed by atoms with van der Waals surface area (Å²) in [4.78, 5) is 15.7. The van der Waals surface area contributed by atoms with Crippen LogP contribution in [0.3, 0.4) is 0 Å². The van der Waals surface area contributed by atoms with Crippen LogP contribution in [-0.4, -0.2) is 49.6 Å². The SMILES string of the molecule is O=C(N[C@@H]1CCS(=O)(=O)C1)c1cccnc1OCC(F)(F)F. The highest BCUT2D eigenvalue weighted by molar-refractivity contribution is 7.91. The van der Waals surface area contributed by atoms with E-state index in [0.717, 1.165) is 0 Å². The van der Waals surface area contributed by atoms with Gasteiger partial charge in [-0.15, -0.1) is 0 Å². The molecule has 2 heterocycles. The van der Waals surface area contributed by atoms with Gasteiger partial charge in [0.2, 0.25) is 5.88 Å². The minimum absolute atomic E-state index is 0.0254. The highest BCUT2D eigenvalue weighted by atomic mass is 32.2. The number of alkyl halides is 3. The smallest absolute Gasteiger partial charge is 0.422 e. The lowest BCUT2D eigenvalue weighted by Gasteiger charge is -2.14. The van der Waals surface area contributed by atoms with E-state index < -0.39 is 40.4 Å². The average Bonchev–Trinajstić information content (AvgIpc) is 2.75. The lowest BCUT2D eigenvalue weighted by atomic mass is 10.2. The third-order valence-electron chi connectivity index (χ3n) is 2.96. The van der Waals surface area contributed by atoms with Gasteiger partial charge in [-0.1, -0.05) is 0 Å². The van der Waals surface area contributed by atoms with E-state index in [9.17, 15) is 26.4 Å². The minimum Gasteiger partial charge on any atom is -0.467 e. The highest BCUT2D eigenvalue weighted by Crippen LogP contribution is 2.20. The number of halogens is 3. The van der Waals surface area contributed by atoms with Gasteiger partial charge in [0.25, 0.3) is 5.91 Å². The second-order valence-electron chi connectivity index (χ2n) is 4.83. The van der Waals surface area contributed by atoms with Crippen LogP contribution in [0.15, 0.2) is 18.3 Å². The van der Waals surface area contributed by atoms with Crippen LogP contribution in [0.2, 0.25) is 0 Å². The summed E-state index contributed by atoms with van der Waals surface area (Å²) in [7, 11) is -3.17. The van der Waals surface area contributed by atoms with Crippen molar-refractivity contribution in [3.8, 4) is 5.88 Å². The Labute approximate surface area is 124 Å². The fraction of sp³-hybridized carbons (Fsp3) is 0.500. The lowest BCUT2D eigenvalue weighted by molar-refractivity contribution is -0.154. The van der Waals surface area contributed by atoms with E-state index in [4.69, 9.17) is 0 Å². The number of amides is 1. The van der Waals surface area contributed by atoms with Gasteiger partial charge in [0.05, 0.1) is 11.5 Å². The number of pyridine rings is 1. The molecule has 22 heavy (non-hydrogen) atoms. The molecule has 0 bridgehead atoms. The van der Waals surface area contributed by atoms with Crippen LogP contribution < -0.4 is 10.1 Å². The largest absolute Gasteiger partial charge is 0.467 e. The zero-order valence-corrected chi connectivity index (χ0v) is 12.1. The molecule has 0 aliphatic carbocycles. The Kier molecular flexibility index (Phi) is 4.59. The second kappa shape index (κ2) is 6.11. The van der Waals surface area contributed by atoms with E-state index in [1.165, 1.54) is 18.3 Å². The van der Waals surface area contributed by atoms with E-state index in [1.54, 1.807) is 0 Å². The molecule has 2 rings (SSSR count). The van der Waals surface area contributed by atoms with Gasteiger partial charge in [-0.25, -0.2) is 13.4 Å². The summed E-state index contributed by atoms with van der Waals surface area (Å²) < 4.78 is 63.7. The molecule has 10 heteroatoms. The van der Waals surface area contributed by atoms with Crippen LogP contribution in [0.25, 0.3) is 0 Å². The van der Waals surface area contributed by atoms with Crippen molar-refractivity contribution in [3.63, 3.8) is 0 Å². The summed E-state index contributed by atoms with van der Waals surface area (Å²) >= 11 is 0. The number of hydrogen-bond acceptors (Lipinski definition) is 5. The second-order valence-corrected chi connectivity index (χ2v) is 7.06. The molecule has 1 aliphatic rings. The van der Waals surface area contributed by atoms with Gasteiger partial charge in [-0.3, -0.25) is 4.79 Å². The van der Waals surface area contributed by atoms with Gasteiger partial charge in [-0.2, -0.15) is 13.2 Å². The third-order valence-corrected chi connectivity index (χ3v) is 4.72. The van der Waals surface area contributed by atoms with Crippen LogP contribution in [0.5, 0.6) is 5.88 Å². The van der Waals surface area contributed by atoms with E-state index >= 15 is 0 Å². The van der Waals surface area contributed by atoms with Crippen molar-refractivity contribution in [2.75, 3.05) is 18.1 Å². The molecule has 1 aliphatic heterocycles. The van der Waals surface area contributed by atoms with Crippen LogP contribution in [-0.2, 0) is 9.84 Å². The van der Waals surface area contributed by atoms with Gasteiger partial charge in [0.1, 0.15) is 5.56 Å². The topological polar surface area (TPSA) is 85.4 Å². The monoisotopic (exact) mass is 338 g/mol. The lowest BCUT2D eigenvalue weighted by Crippen LogP contribution is -2.36. The first-order chi connectivity index (χ1) is 10.2. The molecule has 0 unspecified atom stereocenters. The van der Waals surface area contributed by atoms with E-state index in [2.05, 4.69) is 15.0 Å². The molecule has 0 aromatic carbocycles. The Morgan fingerprint density at radius 2 is 2.18 bits per heavy atom. The summed E-state index contributed by atoms with van der Waals surface area (Å²) in [5.41, 5.74) is -0.170. The molecule has 1 saturated heterocycles. The molecule has 1 N–H and O–H groups in total. The molecule has 0 spiro atoms. The van der Waals surface area contributed by atoms with Crippen molar-refractivity contribution in [2.24, 2.45) is 0 Å². The Morgan fingerprint density at radius 1 is 1.45 bits per heavy atom. The van der Waals surface area contributed by atoms with Gasteiger partial charge in [0, 0.05) is 12.2 Å². The molecule has 1 aromatic rings. The molecular formula is C12H13F3N2O4S. The first kappa shape index (κ1) is 16.5. The molecule has 6 nitrogen and oxygen atoms in total. The third kappa shape index (κ3) is 4.58. The number of carbonyl (C=O) groups excluding carboxylic acids is 1. The van der Waals surface area contributed by atoms with Gasteiger partial charge in [-0.05, 0) is 18.6 Å². The maximum absolute atomic E-state index is 12.2. The van der Waals surface area contributed by atoms with Crippen LogP contribution in [0.4, 0.5) is 13.2 Å². The average molecular weight is 338 g/mol. The summed E-state index contributed by atoms with van der Waals surface area (Å²) in [6, 6.07) is 2.08. The zero-order valence-electron chi connectivity index (χ0n) is 11.3. The standard InChI is InChI=1S/C12H13F3N2O4S/c13-12(14,15)7-21-11-9(2-1-4-16-11)10(18)17-8-3-5-22(19,20)6-8/h1-2,4,8H,3,5-7H2,(H,17,18)/t8-/m1/s1. The van der Waals surface area contributed by atoms with Crippen molar-refractivity contribution < 1.29 is 31.1 Å². The van der Waals surface area contributed by atoms with E-state index in [-0.39, 0.29) is 23.5 Å². The predicted molar refractivity (Wildman–Crippen MR) is 70.3 cm³/mol. The molecule has 1 fully saturated rings. The zero-order chi connectivity index (χ0) is 16.4. The Morgan fingerprint density at radius 3 is 2.77 bits per heavy atom. The summed E-state index contributed by atoms with van der Waals surface area (Å²) in [6.45, 7) is -1.57. The Hall–Kier alpha value is -1.84. The first-order valence-corrected chi connectivity index (χ1v) is 8.14. The van der Waals surface area contributed by atoms with E-state index in [1.807, 2.05) is 0 Å². The van der Waals surface area contributed by atoms with Crippen molar-refractivity contribution in [3.05, 3.63) is 23.9 Å². The molecule has 0 radical (unpaired) electrons. The fourth-order valence-corrected chi connectivity index (χ4v) is 3.67. The van der Waals surface area contributed by atoms with Crippen LogP contribution in [0, 0.1) is 0 Å². The number of carbonyl (C=O) groups is 1. The number of nitrogens with one attached hydrogen (secondary N) is 1. The fourth-order valence-electron chi connectivity index (χ4n) is 2.00. The maximum Gasteiger partial charge on any atom is 0.422 e. The molecule has 122 valence electrons. The number of nitrogens with zero attached hydrogens (tertiary/aromatic N) is 1. The number of sulfone groups is 1. The molecular weight excluding hydrogens is 325 g/mol. The Balaban J connectivity index is 2.06. The van der Waals surface area contributed by atoms with Crippen molar-refractivity contribution >= 4 is 15.7 Å². The van der Waals surface area contributed by atoms with Crippen molar-refractivity contribution in [2.45, 2.75) is 18.6 Å². The number of aromatic nitrogens is 1. The molecule has 1 aromatic heterocycles. The summed E-state index contributed by atoms with van der Waals surface area (Å²) in [6.07, 6.45) is -3.08. The normalized spacial score (nSPS) is 20.6. The quantitative estimate of drug-likeness (QED) is 0.883. The molecule has 1 atom stereocenters. The Bertz CT molecular complexity index is 661. The van der Waals surface area contributed by atoms with Crippen molar-refractivity contribution in [1.29, 1.82) is 0 Å². The first-order valence-electron chi connectivity index (χ1n) is 6.32. The number of ether oxygens (including phenoxy) is 1. The highest BCUT2D eigenvalue weighted by Gasteiger charge is 2.31. The summed E-state index contributed by atoms with van der Waals surface area (Å²) in [5.74, 6) is -1.37. The van der Waals surface area contributed by atoms with Crippen LogP contribution >= 0.6 is 0 Å². The van der Waals surface area contributed by atoms with Gasteiger partial charge >= 0.3 is 6.18 Å². The number of hydrogen-bond donors (Lipinski definition) is 1. The maximum atomic E-state index is 12.2.